The third-order valence-electron chi connectivity index (χ3n) is 2.79. The predicted molar refractivity (Wildman–Crippen MR) is 56.6 cm³/mol. The van der Waals surface area contributed by atoms with E-state index in [1.54, 1.807) is 0 Å². The normalized spacial score (nSPS) is 27.0. The number of nitrogens with two attached hydrogens (primary N) is 2. The molecule has 0 aromatic heterocycles. The van der Waals surface area contributed by atoms with Gasteiger partial charge in [0.15, 0.2) is 0 Å². The van der Waals surface area contributed by atoms with Crippen LogP contribution in [0.2, 0.25) is 0 Å². The van der Waals surface area contributed by atoms with Gasteiger partial charge in [-0.1, -0.05) is 20.3 Å². The molecule has 2 saturated carbocycles. The molecule has 0 aromatic carbocycles. The van der Waals surface area contributed by atoms with E-state index in [0.29, 0.717) is 12.1 Å². The number of hydrogen-bond donors (Lipinski definition) is 2. The average molecular weight is 470 g/mol. The van der Waals surface area contributed by atoms with Crippen LogP contribution in [0.3, 0.4) is 0 Å². The summed E-state index contributed by atoms with van der Waals surface area (Å²) in [5.74, 6) is 1.94. The number of rotatable bonds is 0. The molecule has 2 rings (SSSR count). The van der Waals surface area contributed by atoms with Crippen molar-refractivity contribution in [3.8, 4) is 0 Å². The first-order valence-corrected chi connectivity index (χ1v) is 5.10. The second kappa shape index (κ2) is 15.2. The molecule has 17 heavy (non-hydrogen) atoms. The Morgan fingerprint density at radius 2 is 1.41 bits per heavy atom. The maximum atomic E-state index is 5.82. The van der Waals surface area contributed by atoms with Crippen LogP contribution in [0.25, 0.3) is 0 Å². The molecule has 2 aliphatic carbocycles. The second-order valence-corrected chi connectivity index (χ2v) is 4.58. The van der Waals surface area contributed by atoms with Crippen molar-refractivity contribution >= 4 is 0 Å². The Labute approximate surface area is 131 Å². The summed E-state index contributed by atoms with van der Waals surface area (Å²) in [5, 5.41) is 0. The van der Waals surface area contributed by atoms with Crippen molar-refractivity contribution in [1.29, 1.82) is 0 Å². The van der Waals surface area contributed by atoms with E-state index >= 15 is 0 Å². The van der Waals surface area contributed by atoms with E-state index in [0.717, 1.165) is 11.8 Å². The average Bonchev–Trinajstić information content (AvgIpc) is 2.44. The van der Waals surface area contributed by atoms with E-state index in [2.05, 4.69) is 0 Å². The van der Waals surface area contributed by atoms with Gasteiger partial charge in [-0.3, -0.25) is 0 Å². The number of fused-ring (bicyclic) bond motifs is 2. The van der Waals surface area contributed by atoms with Gasteiger partial charge in [0, 0.05) is 6.04 Å². The molecule has 110 valence electrons. The predicted octanol–water partition coefficient (Wildman–Crippen LogP) is -4.86. The molecule has 2 fully saturated rings. The van der Waals surface area contributed by atoms with Crippen molar-refractivity contribution in [1.82, 2.24) is 0 Å². The first-order valence-electron chi connectivity index (χ1n) is 5.10. The van der Waals surface area contributed by atoms with E-state index in [-0.39, 0.29) is 56.8 Å². The van der Waals surface area contributed by atoms with Gasteiger partial charge in [0.2, 0.25) is 0 Å². The zero-order valence-electron chi connectivity index (χ0n) is 10.3. The van der Waals surface area contributed by atoms with E-state index in [4.69, 9.17) is 11.5 Å². The fraction of sp³-hybridized carbons (Fsp3) is 1.00. The minimum atomic E-state index is 0. The Balaban J connectivity index is -0.0000000492. The fourth-order valence-corrected chi connectivity index (χ4v) is 2.29. The third-order valence-corrected chi connectivity index (χ3v) is 2.79. The summed E-state index contributed by atoms with van der Waals surface area (Å²) in [5.41, 5.74) is 10.9. The van der Waals surface area contributed by atoms with Gasteiger partial charge in [0.25, 0.3) is 0 Å². The smallest absolute Gasteiger partial charge is 1.00 e. The SMILES string of the molecule is CC(C)N.N[C@@H]1CC2CCC1C2.[Cl-].[Cl-].[OH-].[OH-].[Pt+4]. The van der Waals surface area contributed by atoms with Crippen LogP contribution in [0.5, 0.6) is 0 Å². The number of halogens is 2. The molecule has 4 nitrogen and oxygen atoms in total. The van der Waals surface area contributed by atoms with Gasteiger partial charge in [-0.2, -0.15) is 0 Å². The van der Waals surface area contributed by atoms with Crippen molar-refractivity contribution in [3.63, 3.8) is 0 Å². The molecule has 7 heteroatoms. The summed E-state index contributed by atoms with van der Waals surface area (Å²) in [7, 11) is 0. The van der Waals surface area contributed by atoms with Crippen LogP contribution in [-0.2, 0) is 21.1 Å². The second-order valence-electron chi connectivity index (χ2n) is 4.58. The van der Waals surface area contributed by atoms with E-state index < -0.39 is 0 Å². The molecule has 0 saturated heterocycles. The first kappa shape index (κ1) is 30.8. The van der Waals surface area contributed by atoms with Gasteiger partial charge in [-0.15, -0.1) is 0 Å². The molecule has 0 spiro atoms. The van der Waals surface area contributed by atoms with E-state index in [1.807, 2.05) is 13.8 Å². The Kier molecular flexibility index (Phi) is 27.5. The third kappa shape index (κ3) is 11.9. The van der Waals surface area contributed by atoms with Gasteiger partial charge in [0.05, 0.1) is 0 Å². The van der Waals surface area contributed by atoms with E-state index in [1.165, 1.54) is 25.7 Å². The molecule has 0 aliphatic heterocycles. The maximum absolute atomic E-state index is 5.82. The molecule has 0 aromatic rings. The molecule has 0 heterocycles. The van der Waals surface area contributed by atoms with Crippen molar-refractivity contribution in [2.24, 2.45) is 23.3 Å². The van der Waals surface area contributed by atoms with Crippen molar-refractivity contribution in [3.05, 3.63) is 0 Å². The zero-order chi connectivity index (χ0) is 9.14. The minimum Gasteiger partial charge on any atom is -1.00 e. The van der Waals surface area contributed by atoms with Gasteiger partial charge in [0.1, 0.15) is 0 Å². The minimum absolute atomic E-state index is 0. The molecular formula is C10H24Cl2N2O2Pt. The van der Waals surface area contributed by atoms with Crippen LogP contribution in [-0.4, -0.2) is 23.0 Å². The number of hydrogen-bond acceptors (Lipinski definition) is 4. The van der Waals surface area contributed by atoms with Gasteiger partial charge >= 0.3 is 21.1 Å². The van der Waals surface area contributed by atoms with Crippen molar-refractivity contribution in [2.45, 2.75) is 51.6 Å². The maximum Gasteiger partial charge on any atom is 4.00 e. The van der Waals surface area contributed by atoms with Crippen LogP contribution in [0, 0.1) is 11.8 Å². The molecule has 2 unspecified atom stereocenters. The largest absolute Gasteiger partial charge is 4.00 e. The quantitative estimate of drug-likeness (QED) is 0.370. The molecule has 2 aliphatic rings. The van der Waals surface area contributed by atoms with Crippen LogP contribution in [0.1, 0.15) is 39.5 Å². The Morgan fingerprint density at radius 3 is 1.53 bits per heavy atom. The van der Waals surface area contributed by atoms with Crippen LogP contribution in [0.4, 0.5) is 0 Å². The fourth-order valence-electron chi connectivity index (χ4n) is 2.29. The topological polar surface area (TPSA) is 112 Å². The summed E-state index contributed by atoms with van der Waals surface area (Å²) < 4.78 is 0. The van der Waals surface area contributed by atoms with Gasteiger partial charge < -0.3 is 47.2 Å². The zero-order valence-corrected chi connectivity index (χ0v) is 14.0. The van der Waals surface area contributed by atoms with E-state index in [9.17, 15) is 0 Å². The summed E-state index contributed by atoms with van der Waals surface area (Å²) in [6.45, 7) is 3.89. The van der Waals surface area contributed by atoms with Crippen LogP contribution < -0.4 is 36.3 Å². The van der Waals surface area contributed by atoms with Crippen LogP contribution in [0.15, 0.2) is 0 Å². The Hall–Kier alpha value is 1.11. The monoisotopic (exact) mass is 469 g/mol. The summed E-state index contributed by atoms with van der Waals surface area (Å²) >= 11 is 0. The van der Waals surface area contributed by atoms with Gasteiger partial charge in [-0.25, -0.2) is 0 Å². The van der Waals surface area contributed by atoms with Gasteiger partial charge in [-0.05, 0) is 37.1 Å². The van der Waals surface area contributed by atoms with Crippen LogP contribution >= 0.6 is 0 Å². The molecule has 3 atom stereocenters. The summed E-state index contributed by atoms with van der Waals surface area (Å²) in [6.07, 6.45) is 5.66. The van der Waals surface area contributed by atoms with Crippen molar-refractivity contribution < 1.29 is 56.8 Å². The molecule has 0 amide bonds. The summed E-state index contributed by atoms with van der Waals surface area (Å²) in [6, 6.07) is 0.911. The molecule has 0 radical (unpaired) electrons. The van der Waals surface area contributed by atoms with Crippen molar-refractivity contribution in [2.75, 3.05) is 0 Å². The Morgan fingerprint density at radius 1 is 1.00 bits per heavy atom. The molecular weight excluding hydrogens is 446 g/mol. The molecule has 2 bridgehead atoms. The molecule has 6 N–H and O–H groups in total. The summed E-state index contributed by atoms with van der Waals surface area (Å²) in [4.78, 5) is 0. The first-order chi connectivity index (χ1) is 5.59. The standard InChI is InChI=1S/C7H13N.C3H9N.2ClH.2H2O.Pt/c8-7-4-5-1-2-6(7)3-5;1-3(2)4;;;;;/h5-7H,1-4,8H2;3H,4H2,1-2H3;2*1H;2*1H2;/q;;;;;;+4/p-4/t5?,6?,7-;;;;;;/m1....../s1. The Bertz CT molecular complexity index is 152.